The van der Waals surface area contributed by atoms with Crippen LogP contribution in [0.25, 0.3) is 0 Å². The van der Waals surface area contributed by atoms with E-state index in [1.54, 1.807) is 6.92 Å². The van der Waals surface area contributed by atoms with Gasteiger partial charge in [-0.15, -0.1) is 0 Å². The van der Waals surface area contributed by atoms with Crippen molar-refractivity contribution in [1.29, 1.82) is 0 Å². The molecule has 4 N–H and O–H groups in total. The number of nitro groups is 1. The smallest absolute Gasteiger partial charge is 0.312 e. The second kappa shape index (κ2) is 5.50. The number of rotatable bonds is 5. The number of nitrogen functional groups attached to an aromatic ring is 1. The second-order valence-electron chi connectivity index (χ2n) is 4.33. The molecule has 0 aliphatic heterocycles. The van der Waals surface area contributed by atoms with Crippen LogP contribution in [0.5, 0.6) is 0 Å². The topological polar surface area (TPSA) is 144 Å². The molecule has 0 saturated heterocycles. The molecule has 0 radical (unpaired) electrons. The maximum absolute atomic E-state index is 12.3. The third kappa shape index (κ3) is 3.01. The standard InChI is InChI=1S/C11H13N5O4S/c1-7(8-5-13-14-6-8)15-21(19,20)10-4-2-3-9(12)11(10)16(17)18/h2-7,15H,12H2,1H3,(H,13,14). The summed E-state index contributed by atoms with van der Waals surface area (Å²) in [7, 11) is -4.10. The van der Waals surface area contributed by atoms with Crippen molar-refractivity contribution in [2.45, 2.75) is 17.9 Å². The zero-order valence-corrected chi connectivity index (χ0v) is 11.8. The minimum Gasteiger partial charge on any atom is -0.393 e. The average molecular weight is 311 g/mol. The van der Waals surface area contributed by atoms with Crippen LogP contribution in [-0.2, 0) is 10.0 Å². The van der Waals surface area contributed by atoms with Crippen molar-refractivity contribution in [1.82, 2.24) is 14.9 Å². The van der Waals surface area contributed by atoms with E-state index in [-0.39, 0.29) is 5.69 Å². The van der Waals surface area contributed by atoms with E-state index in [2.05, 4.69) is 14.9 Å². The number of hydrogen-bond acceptors (Lipinski definition) is 6. The fraction of sp³-hybridized carbons (Fsp3) is 0.182. The number of nitrogens with zero attached hydrogens (tertiary/aromatic N) is 2. The van der Waals surface area contributed by atoms with Gasteiger partial charge in [0.1, 0.15) is 5.69 Å². The largest absolute Gasteiger partial charge is 0.393 e. The Balaban J connectivity index is 2.41. The lowest BCUT2D eigenvalue weighted by Crippen LogP contribution is -2.27. The molecule has 0 aliphatic carbocycles. The van der Waals surface area contributed by atoms with Crippen molar-refractivity contribution in [2.75, 3.05) is 5.73 Å². The van der Waals surface area contributed by atoms with Crippen molar-refractivity contribution >= 4 is 21.4 Å². The first-order valence-electron chi connectivity index (χ1n) is 5.87. The van der Waals surface area contributed by atoms with Crippen molar-refractivity contribution in [2.24, 2.45) is 0 Å². The van der Waals surface area contributed by atoms with E-state index in [4.69, 9.17) is 5.73 Å². The van der Waals surface area contributed by atoms with E-state index < -0.39 is 31.6 Å². The lowest BCUT2D eigenvalue weighted by molar-refractivity contribution is -0.386. The van der Waals surface area contributed by atoms with Crippen LogP contribution in [0.4, 0.5) is 11.4 Å². The van der Waals surface area contributed by atoms with Gasteiger partial charge in [-0.1, -0.05) is 6.07 Å². The van der Waals surface area contributed by atoms with E-state index >= 15 is 0 Å². The molecule has 2 rings (SSSR count). The fourth-order valence-corrected chi connectivity index (χ4v) is 3.25. The molecular weight excluding hydrogens is 298 g/mol. The normalized spacial score (nSPS) is 13.0. The zero-order valence-electron chi connectivity index (χ0n) is 11.0. The Kier molecular flexibility index (Phi) is 3.91. The first-order valence-corrected chi connectivity index (χ1v) is 7.35. The molecule has 0 spiro atoms. The number of para-hydroxylation sites is 1. The monoisotopic (exact) mass is 311 g/mol. The summed E-state index contributed by atoms with van der Waals surface area (Å²) in [6.07, 6.45) is 2.99. The molecule has 112 valence electrons. The fourth-order valence-electron chi connectivity index (χ4n) is 1.81. The van der Waals surface area contributed by atoms with Crippen LogP contribution in [0.2, 0.25) is 0 Å². The lowest BCUT2D eigenvalue weighted by Gasteiger charge is -2.13. The summed E-state index contributed by atoms with van der Waals surface area (Å²) in [6, 6.07) is 3.16. The first-order chi connectivity index (χ1) is 9.83. The van der Waals surface area contributed by atoms with Crippen LogP contribution >= 0.6 is 0 Å². The molecule has 9 nitrogen and oxygen atoms in total. The molecule has 1 atom stereocenters. The van der Waals surface area contributed by atoms with Gasteiger partial charge in [0.05, 0.1) is 11.1 Å². The van der Waals surface area contributed by atoms with Gasteiger partial charge < -0.3 is 5.73 Å². The van der Waals surface area contributed by atoms with E-state index in [0.717, 1.165) is 6.07 Å². The van der Waals surface area contributed by atoms with Gasteiger partial charge in [0.15, 0.2) is 4.90 Å². The Morgan fingerprint density at radius 1 is 1.48 bits per heavy atom. The van der Waals surface area contributed by atoms with Gasteiger partial charge in [-0.05, 0) is 19.1 Å². The van der Waals surface area contributed by atoms with Crippen molar-refractivity contribution in [3.05, 3.63) is 46.3 Å². The number of benzene rings is 1. The van der Waals surface area contributed by atoms with Crippen LogP contribution < -0.4 is 10.5 Å². The lowest BCUT2D eigenvalue weighted by atomic mass is 10.2. The summed E-state index contributed by atoms with van der Waals surface area (Å²) < 4.78 is 27.0. The van der Waals surface area contributed by atoms with Gasteiger partial charge >= 0.3 is 5.69 Å². The average Bonchev–Trinajstić information content (AvgIpc) is 2.91. The number of anilines is 1. The molecule has 0 amide bonds. The first kappa shape index (κ1) is 14.9. The van der Waals surface area contributed by atoms with Gasteiger partial charge in [0, 0.05) is 17.8 Å². The molecule has 21 heavy (non-hydrogen) atoms. The molecule has 0 saturated carbocycles. The Hall–Kier alpha value is -2.46. The minimum absolute atomic E-state index is 0.209. The van der Waals surface area contributed by atoms with Gasteiger partial charge in [-0.2, -0.15) is 5.10 Å². The highest BCUT2D eigenvalue weighted by Crippen LogP contribution is 2.30. The Morgan fingerprint density at radius 3 is 2.76 bits per heavy atom. The highest BCUT2D eigenvalue weighted by molar-refractivity contribution is 7.89. The Morgan fingerprint density at radius 2 is 2.19 bits per heavy atom. The summed E-state index contributed by atoms with van der Waals surface area (Å²) in [5.41, 5.74) is 5.25. The summed E-state index contributed by atoms with van der Waals surface area (Å²) in [5.74, 6) is 0. The molecule has 0 fully saturated rings. The highest BCUT2D eigenvalue weighted by atomic mass is 32.2. The van der Waals surface area contributed by atoms with Crippen molar-refractivity contribution < 1.29 is 13.3 Å². The van der Waals surface area contributed by atoms with Crippen LogP contribution in [0.3, 0.4) is 0 Å². The predicted octanol–water partition coefficient (Wildman–Crippen LogP) is 0.940. The van der Waals surface area contributed by atoms with Gasteiger partial charge in [0.25, 0.3) is 0 Å². The summed E-state index contributed by atoms with van der Waals surface area (Å²) in [4.78, 5) is 9.74. The summed E-state index contributed by atoms with van der Waals surface area (Å²) in [5, 5.41) is 17.3. The molecule has 0 aliphatic rings. The minimum atomic E-state index is -4.10. The molecule has 1 aromatic carbocycles. The van der Waals surface area contributed by atoms with Crippen molar-refractivity contribution in [3.8, 4) is 0 Å². The quantitative estimate of drug-likeness (QED) is 0.426. The molecule has 1 unspecified atom stereocenters. The van der Waals surface area contributed by atoms with Crippen molar-refractivity contribution in [3.63, 3.8) is 0 Å². The van der Waals surface area contributed by atoms with Gasteiger partial charge in [0.2, 0.25) is 10.0 Å². The highest BCUT2D eigenvalue weighted by Gasteiger charge is 2.29. The summed E-state index contributed by atoms with van der Waals surface area (Å²) >= 11 is 0. The molecule has 1 heterocycles. The summed E-state index contributed by atoms with van der Waals surface area (Å²) in [6.45, 7) is 1.60. The van der Waals surface area contributed by atoms with E-state index in [0.29, 0.717) is 5.56 Å². The molecule has 2 aromatic rings. The van der Waals surface area contributed by atoms with Gasteiger partial charge in [-0.25, -0.2) is 13.1 Å². The maximum Gasteiger partial charge on any atom is 0.312 e. The number of nitrogens with two attached hydrogens (primary N) is 1. The van der Waals surface area contributed by atoms with Crippen LogP contribution in [0, 0.1) is 10.1 Å². The Labute approximate surface area is 120 Å². The van der Waals surface area contributed by atoms with Crippen LogP contribution in [0.15, 0.2) is 35.5 Å². The number of H-pyrrole nitrogens is 1. The number of hydrogen-bond donors (Lipinski definition) is 3. The third-order valence-corrected chi connectivity index (χ3v) is 4.43. The Bertz CT molecular complexity index is 757. The molecule has 10 heteroatoms. The molecule has 1 aromatic heterocycles. The molecule has 0 bridgehead atoms. The number of nitrogens with one attached hydrogen (secondary N) is 2. The molecular formula is C11H13N5O4S. The predicted molar refractivity (Wildman–Crippen MR) is 74.8 cm³/mol. The van der Waals surface area contributed by atoms with E-state index in [1.165, 1.54) is 24.5 Å². The number of sulfonamides is 1. The third-order valence-electron chi connectivity index (χ3n) is 2.85. The zero-order chi connectivity index (χ0) is 15.6. The maximum atomic E-state index is 12.3. The number of aromatic nitrogens is 2. The van der Waals surface area contributed by atoms with E-state index in [1.807, 2.05) is 0 Å². The van der Waals surface area contributed by atoms with Crippen LogP contribution in [0.1, 0.15) is 18.5 Å². The second-order valence-corrected chi connectivity index (χ2v) is 6.01. The van der Waals surface area contributed by atoms with Crippen LogP contribution in [-0.4, -0.2) is 23.5 Å². The van der Waals surface area contributed by atoms with E-state index in [9.17, 15) is 18.5 Å². The number of aromatic amines is 1. The SMILES string of the molecule is CC(NS(=O)(=O)c1cccc(N)c1[N+](=O)[O-])c1cn[nH]c1. The number of nitro benzene ring substituents is 1. The van der Waals surface area contributed by atoms with Gasteiger partial charge in [-0.3, -0.25) is 15.2 Å².